The number of hydrogen-bond donors (Lipinski definition) is 1. The molecule has 0 aliphatic heterocycles. The third kappa shape index (κ3) is 7.36. The maximum Gasteiger partial charge on any atom is 0.261 e. The number of rotatable bonds is 11. The summed E-state index contributed by atoms with van der Waals surface area (Å²) in [5.41, 5.74) is 1.61. The van der Waals surface area contributed by atoms with E-state index in [9.17, 15) is 9.59 Å². The van der Waals surface area contributed by atoms with Gasteiger partial charge in [0.05, 0.1) is 0 Å². The molecule has 33 heavy (non-hydrogen) atoms. The van der Waals surface area contributed by atoms with Gasteiger partial charge in [-0.15, -0.1) is 0 Å². The molecule has 1 N–H and O–H groups in total. The lowest BCUT2D eigenvalue weighted by molar-refractivity contribution is -0.143. The highest BCUT2D eigenvalue weighted by molar-refractivity contribution is 6.30. The minimum atomic E-state index is -0.786. The molecule has 0 aliphatic rings. The summed E-state index contributed by atoms with van der Waals surface area (Å²) in [5, 5.41) is 3.60. The van der Waals surface area contributed by atoms with E-state index >= 15 is 0 Å². The Bertz CT molecular complexity index is 1010. The quantitative estimate of drug-likeness (QED) is 0.386. The second-order valence-electron chi connectivity index (χ2n) is 7.71. The van der Waals surface area contributed by atoms with Gasteiger partial charge in [-0.25, -0.2) is 0 Å². The van der Waals surface area contributed by atoms with Crippen molar-refractivity contribution >= 4 is 23.4 Å². The molecule has 0 spiro atoms. The van der Waals surface area contributed by atoms with Crippen LogP contribution in [0.15, 0.2) is 84.9 Å². The Balaban J connectivity index is 1.90. The molecule has 0 aliphatic carbocycles. The van der Waals surface area contributed by atoms with Crippen LogP contribution in [0, 0.1) is 0 Å². The van der Waals surface area contributed by atoms with Gasteiger partial charge in [-0.2, -0.15) is 0 Å². The van der Waals surface area contributed by atoms with Crippen molar-refractivity contribution in [2.45, 2.75) is 32.4 Å². The molecule has 172 valence electrons. The Morgan fingerprint density at radius 2 is 1.58 bits per heavy atom. The van der Waals surface area contributed by atoms with Crippen molar-refractivity contribution in [3.63, 3.8) is 0 Å². The Morgan fingerprint density at radius 3 is 2.21 bits per heavy atom. The molecule has 3 aromatic rings. The summed E-state index contributed by atoms with van der Waals surface area (Å²) < 4.78 is 5.73. The van der Waals surface area contributed by atoms with Gasteiger partial charge in [0.2, 0.25) is 5.91 Å². The molecular weight excluding hydrogens is 436 g/mol. The molecule has 5 nitrogen and oxygen atoms in total. The van der Waals surface area contributed by atoms with Gasteiger partial charge in [0.1, 0.15) is 11.8 Å². The Labute approximate surface area is 200 Å². The standard InChI is InChI=1S/C27H29ClN2O3/c1-2-3-18-29-27(32)26(22-10-6-4-7-11-22)30(19-21-14-16-23(28)17-15-21)25(31)20-33-24-12-8-5-9-13-24/h4-17,26H,2-3,18-20H2,1H3,(H,29,32)/t26-/m0/s1. The molecule has 0 unspecified atom stereocenters. The predicted octanol–water partition coefficient (Wildman–Crippen LogP) is 5.41. The summed E-state index contributed by atoms with van der Waals surface area (Å²) in [6, 6.07) is 25.0. The van der Waals surface area contributed by atoms with E-state index in [1.807, 2.05) is 60.7 Å². The number of halogens is 1. The fourth-order valence-electron chi connectivity index (χ4n) is 3.45. The molecule has 0 aromatic heterocycles. The number of hydrogen-bond acceptors (Lipinski definition) is 3. The van der Waals surface area contributed by atoms with Crippen LogP contribution >= 0.6 is 11.6 Å². The lowest BCUT2D eigenvalue weighted by Crippen LogP contribution is -2.45. The van der Waals surface area contributed by atoms with Crippen LogP contribution in [0.5, 0.6) is 5.75 Å². The van der Waals surface area contributed by atoms with Crippen LogP contribution in [0.1, 0.15) is 36.9 Å². The molecule has 0 radical (unpaired) electrons. The highest BCUT2D eigenvalue weighted by atomic mass is 35.5. The number of para-hydroxylation sites is 1. The number of ether oxygens (including phenoxy) is 1. The summed E-state index contributed by atoms with van der Waals surface area (Å²) in [6.45, 7) is 2.69. The molecule has 0 saturated carbocycles. The first-order valence-corrected chi connectivity index (χ1v) is 11.5. The number of unbranched alkanes of at least 4 members (excludes halogenated alkanes) is 1. The third-order valence-electron chi connectivity index (χ3n) is 5.20. The van der Waals surface area contributed by atoms with Gasteiger partial charge in [0.15, 0.2) is 6.61 Å². The van der Waals surface area contributed by atoms with Gasteiger partial charge in [0, 0.05) is 18.1 Å². The van der Waals surface area contributed by atoms with E-state index in [-0.39, 0.29) is 25.0 Å². The minimum Gasteiger partial charge on any atom is -0.484 e. The van der Waals surface area contributed by atoms with Gasteiger partial charge in [-0.05, 0) is 41.8 Å². The zero-order chi connectivity index (χ0) is 23.5. The zero-order valence-corrected chi connectivity index (χ0v) is 19.5. The van der Waals surface area contributed by atoms with E-state index < -0.39 is 6.04 Å². The van der Waals surface area contributed by atoms with Gasteiger partial charge < -0.3 is 15.0 Å². The normalized spacial score (nSPS) is 11.5. The van der Waals surface area contributed by atoms with E-state index in [1.165, 1.54) is 0 Å². The second-order valence-corrected chi connectivity index (χ2v) is 8.14. The number of carbonyl (C=O) groups is 2. The van der Waals surface area contributed by atoms with Crippen LogP contribution in [-0.2, 0) is 16.1 Å². The van der Waals surface area contributed by atoms with Crippen molar-refractivity contribution in [3.05, 3.63) is 101 Å². The van der Waals surface area contributed by atoms with Gasteiger partial charge >= 0.3 is 0 Å². The van der Waals surface area contributed by atoms with Crippen LogP contribution in [0.2, 0.25) is 5.02 Å². The Morgan fingerprint density at radius 1 is 0.939 bits per heavy atom. The van der Waals surface area contributed by atoms with Gasteiger partial charge in [-0.3, -0.25) is 9.59 Å². The summed E-state index contributed by atoms with van der Waals surface area (Å²) >= 11 is 6.04. The largest absolute Gasteiger partial charge is 0.484 e. The van der Waals surface area contributed by atoms with E-state index in [2.05, 4.69) is 12.2 Å². The number of benzene rings is 3. The number of nitrogens with one attached hydrogen (secondary N) is 1. The van der Waals surface area contributed by atoms with Crippen molar-refractivity contribution in [1.82, 2.24) is 10.2 Å². The van der Waals surface area contributed by atoms with E-state index in [1.54, 1.807) is 29.2 Å². The first-order valence-electron chi connectivity index (χ1n) is 11.1. The van der Waals surface area contributed by atoms with Gasteiger partial charge in [0.25, 0.3) is 5.91 Å². The fourth-order valence-corrected chi connectivity index (χ4v) is 3.57. The molecule has 0 saturated heterocycles. The van der Waals surface area contributed by atoms with Crippen molar-refractivity contribution in [3.8, 4) is 5.75 Å². The smallest absolute Gasteiger partial charge is 0.261 e. The number of amides is 2. The topological polar surface area (TPSA) is 58.6 Å². The lowest BCUT2D eigenvalue weighted by Gasteiger charge is -2.31. The monoisotopic (exact) mass is 464 g/mol. The average molecular weight is 465 g/mol. The van der Waals surface area contributed by atoms with E-state index in [0.717, 1.165) is 24.0 Å². The Kier molecular flexibility index (Phi) is 9.33. The van der Waals surface area contributed by atoms with E-state index in [4.69, 9.17) is 16.3 Å². The van der Waals surface area contributed by atoms with Crippen molar-refractivity contribution in [2.24, 2.45) is 0 Å². The summed E-state index contributed by atoms with van der Waals surface area (Å²) in [5.74, 6) is 0.103. The highest BCUT2D eigenvalue weighted by Crippen LogP contribution is 2.25. The first-order chi connectivity index (χ1) is 16.1. The highest BCUT2D eigenvalue weighted by Gasteiger charge is 2.31. The van der Waals surface area contributed by atoms with E-state index in [0.29, 0.717) is 17.3 Å². The molecule has 3 aromatic carbocycles. The molecule has 0 fully saturated rings. The second kappa shape index (κ2) is 12.7. The van der Waals surface area contributed by atoms with Crippen LogP contribution in [-0.4, -0.2) is 29.9 Å². The minimum absolute atomic E-state index is 0.177. The van der Waals surface area contributed by atoms with Crippen molar-refractivity contribution in [1.29, 1.82) is 0 Å². The molecule has 3 rings (SSSR count). The lowest BCUT2D eigenvalue weighted by atomic mass is 10.0. The Hall–Kier alpha value is -3.31. The van der Waals surface area contributed by atoms with Gasteiger partial charge in [-0.1, -0.05) is 85.6 Å². The van der Waals surface area contributed by atoms with Crippen molar-refractivity contribution < 1.29 is 14.3 Å². The predicted molar refractivity (Wildman–Crippen MR) is 131 cm³/mol. The van der Waals surface area contributed by atoms with Crippen LogP contribution in [0.3, 0.4) is 0 Å². The molecule has 6 heteroatoms. The maximum atomic E-state index is 13.4. The molecule has 0 heterocycles. The van der Waals surface area contributed by atoms with Crippen LogP contribution < -0.4 is 10.1 Å². The third-order valence-corrected chi connectivity index (χ3v) is 5.45. The number of nitrogens with zero attached hydrogens (tertiary/aromatic N) is 1. The van der Waals surface area contributed by atoms with Crippen molar-refractivity contribution in [2.75, 3.05) is 13.2 Å². The summed E-state index contributed by atoms with van der Waals surface area (Å²) in [6.07, 6.45) is 1.84. The van der Waals surface area contributed by atoms with Crippen LogP contribution in [0.25, 0.3) is 0 Å². The fraction of sp³-hybridized carbons (Fsp3) is 0.259. The molecule has 0 bridgehead atoms. The molecular formula is C27H29ClN2O3. The summed E-state index contributed by atoms with van der Waals surface area (Å²) in [7, 11) is 0. The average Bonchev–Trinajstić information content (AvgIpc) is 2.85. The first kappa shape index (κ1) is 24.3. The summed E-state index contributed by atoms with van der Waals surface area (Å²) in [4.78, 5) is 28.3. The molecule has 1 atom stereocenters. The maximum absolute atomic E-state index is 13.4. The zero-order valence-electron chi connectivity index (χ0n) is 18.7. The number of carbonyl (C=O) groups excluding carboxylic acids is 2. The SMILES string of the molecule is CCCCNC(=O)[C@H](c1ccccc1)N(Cc1ccc(Cl)cc1)C(=O)COc1ccccc1. The molecule has 2 amide bonds. The van der Waals surface area contributed by atoms with Crippen LogP contribution in [0.4, 0.5) is 0 Å².